The lowest BCUT2D eigenvalue weighted by molar-refractivity contribution is 0.310. The van der Waals surface area contributed by atoms with E-state index in [-0.39, 0.29) is 5.75 Å². The molecule has 0 fully saturated rings. The summed E-state index contributed by atoms with van der Waals surface area (Å²) in [7, 11) is 0. The normalized spacial score (nSPS) is 11.1. The van der Waals surface area contributed by atoms with Crippen molar-refractivity contribution in [1.29, 1.82) is 0 Å². The van der Waals surface area contributed by atoms with E-state index in [1.807, 2.05) is 30.3 Å². The van der Waals surface area contributed by atoms with Crippen LogP contribution in [-0.2, 0) is 6.42 Å². The minimum atomic E-state index is 0.202. The monoisotopic (exact) mass is 339 g/mol. The highest BCUT2D eigenvalue weighted by atomic mass is 16.5. The van der Waals surface area contributed by atoms with Crippen LogP contribution in [0.1, 0.15) is 45.1 Å². The maximum absolute atomic E-state index is 10.3. The lowest BCUT2D eigenvalue weighted by Gasteiger charge is -2.06. The fourth-order valence-corrected chi connectivity index (χ4v) is 2.70. The standard InChI is InChI=1S/C20H25N3O2/c1-3-5-7-15-8-11-19(20(24)13-15)23-21-17-10-9-16(14-18(17)22-23)25-12-6-4-2/h8-11,13-14,24H,3-7,12H2,1-2H3. The highest BCUT2D eigenvalue weighted by Gasteiger charge is 2.10. The lowest BCUT2D eigenvalue weighted by Crippen LogP contribution is -1.99. The van der Waals surface area contributed by atoms with Gasteiger partial charge in [0.25, 0.3) is 0 Å². The third-order valence-corrected chi connectivity index (χ3v) is 4.19. The summed E-state index contributed by atoms with van der Waals surface area (Å²) >= 11 is 0. The smallest absolute Gasteiger partial charge is 0.143 e. The zero-order valence-electron chi connectivity index (χ0n) is 14.9. The molecule has 0 spiro atoms. The minimum Gasteiger partial charge on any atom is -0.506 e. The summed E-state index contributed by atoms with van der Waals surface area (Å²) in [6.45, 7) is 5.00. The molecule has 0 aliphatic heterocycles. The number of ether oxygens (including phenoxy) is 1. The summed E-state index contributed by atoms with van der Waals surface area (Å²) in [4.78, 5) is 1.49. The van der Waals surface area contributed by atoms with Crippen LogP contribution in [0.15, 0.2) is 36.4 Å². The molecule has 0 bridgehead atoms. The Morgan fingerprint density at radius 3 is 2.52 bits per heavy atom. The molecule has 0 radical (unpaired) electrons. The number of hydrogen-bond donors (Lipinski definition) is 1. The largest absolute Gasteiger partial charge is 0.506 e. The second-order valence-corrected chi connectivity index (χ2v) is 6.27. The third-order valence-electron chi connectivity index (χ3n) is 4.19. The average Bonchev–Trinajstić information content (AvgIpc) is 3.03. The Labute approximate surface area is 148 Å². The number of phenols is 1. The van der Waals surface area contributed by atoms with E-state index in [1.54, 1.807) is 6.07 Å². The van der Waals surface area contributed by atoms with Crippen LogP contribution < -0.4 is 4.74 Å². The van der Waals surface area contributed by atoms with Crippen molar-refractivity contribution < 1.29 is 9.84 Å². The van der Waals surface area contributed by atoms with Gasteiger partial charge in [-0.15, -0.1) is 15.0 Å². The SMILES string of the molecule is CCCCOc1ccc2nn(-c3ccc(CCCC)cc3O)nc2c1. The molecule has 3 rings (SSSR count). The second-order valence-electron chi connectivity index (χ2n) is 6.27. The van der Waals surface area contributed by atoms with Gasteiger partial charge in [-0.3, -0.25) is 0 Å². The first-order chi connectivity index (χ1) is 12.2. The molecule has 0 saturated carbocycles. The summed E-state index contributed by atoms with van der Waals surface area (Å²) in [5.41, 5.74) is 3.25. The number of benzene rings is 2. The van der Waals surface area contributed by atoms with Gasteiger partial charge in [-0.05, 0) is 49.1 Å². The van der Waals surface area contributed by atoms with Crippen LogP contribution in [-0.4, -0.2) is 26.7 Å². The fourth-order valence-electron chi connectivity index (χ4n) is 2.70. The highest BCUT2D eigenvalue weighted by molar-refractivity contribution is 5.75. The van der Waals surface area contributed by atoms with E-state index in [0.717, 1.165) is 54.5 Å². The van der Waals surface area contributed by atoms with Gasteiger partial charge < -0.3 is 9.84 Å². The van der Waals surface area contributed by atoms with Crippen LogP contribution in [0.2, 0.25) is 0 Å². The van der Waals surface area contributed by atoms with Crippen molar-refractivity contribution in [2.45, 2.75) is 46.0 Å². The molecule has 2 aromatic carbocycles. The number of rotatable bonds is 8. The Bertz CT molecular complexity index is 842. The second kappa shape index (κ2) is 8.01. The van der Waals surface area contributed by atoms with Gasteiger partial charge in [0.1, 0.15) is 28.2 Å². The van der Waals surface area contributed by atoms with Gasteiger partial charge in [0.15, 0.2) is 0 Å². The molecule has 0 unspecified atom stereocenters. The van der Waals surface area contributed by atoms with E-state index < -0.39 is 0 Å². The van der Waals surface area contributed by atoms with Crippen LogP contribution in [0.3, 0.4) is 0 Å². The van der Waals surface area contributed by atoms with Gasteiger partial charge in [-0.1, -0.05) is 32.8 Å². The Hall–Kier alpha value is -2.56. The van der Waals surface area contributed by atoms with Crippen LogP contribution >= 0.6 is 0 Å². The molecule has 0 saturated heterocycles. The molecule has 0 aliphatic carbocycles. The molecule has 5 nitrogen and oxygen atoms in total. The van der Waals surface area contributed by atoms with Crippen LogP contribution in [0.5, 0.6) is 11.5 Å². The van der Waals surface area contributed by atoms with E-state index in [9.17, 15) is 5.11 Å². The molecule has 25 heavy (non-hydrogen) atoms. The van der Waals surface area contributed by atoms with E-state index in [2.05, 4.69) is 24.0 Å². The van der Waals surface area contributed by atoms with E-state index in [1.165, 1.54) is 4.80 Å². The molecule has 1 aromatic heterocycles. The number of aromatic hydroxyl groups is 1. The van der Waals surface area contributed by atoms with Crippen LogP contribution in [0, 0.1) is 0 Å². The molecule has 0 amide bonds. The van der Waals surface area contributed by atoms with Gasteiger partial charge in [-0.2, -0.15) is 0 Å². The zero-order chi connectivity index (χ0) is 17.6. The number of hydrogen-bond acceptors (Lipinski definition) is 4. The molecule has 132 valence electrons. The maximum Gasteiger partial charge on any atom is 0.143 e. The average molecular weight is 339 g/mol. The summed E-state index contributed by atoms with van der Waals surface area (Å²) in [6.07, 6.45) is 5.35. The number of phenolic OH excluding ortho intramolecular Hbond substituents is 1. The summed E-state index contributed by atoms with van der Waals surface area (Å²) < 4.78 is 5.72. The van der Waals surface area contributed by atoms with Gasteiger partial charge in [0.2, 0.25) is 0 Å². The lowest BCUT2D eigenvalue weighted by atomic mass is 10.1. The predicted molar refractivity (Wildman–Crippen MR) is 99.5 cm³/mol. The highest BCUT2D eigenvalue weighted by Crippen LogP contribution is 2.25. The number of aryl methyl sites for hydroxylation is 1. The van der Waals surface area contributed by atoms with Crippen molar-refractivity contribution in [2.75, 3.05) is 6.61 Å². The predicted octanol–water partition coefficient (Wildman–Crippen LogP) is 4.65. The molecular weight excluding hydrogens is 314 g/mol. The van der Waals surface area contributed by atoms with Crippen molar-refractivity contribution in [2.24, 2.45) is 0 Å². The van der Waals surface area contributed by atoms with Gasteiger partial charge >= 0.3 is 0 Å². The third kappa shape index (κ3) is 4.10. The summed E-state index contributed by atoms with van der Waals surface area (Å²) in [5.74, 6) is 1.00. The topological polar surface area (TPSA) is 60.2 Å². The van der Waals surface area contributed by atoms with Crippen molar-refractivity contribution in [3.05, 3.63) is 42.0 Å². The zero-order valence-corrected chi connectivity index (χ0v) is 14.9. The number of fused-ring (bicyclic) bond motifs is 1. The van der Waals surface area contributed by atoms with Crippen molar-refractivity contribution >= 4 is 11.0 Å². The summed E-state index contributed by atoms with van der Waals surface area (Å²) in [6, 6.07) is 11.4. The van der Waals surface area contributed by atoms with E-state index in [4.69, 9.17) is 4.74 Å². The first kappa shape index (κ1) is 17.3. The number of unbranched alkanes of at least 4 members (excludes halogenated alkanes) is 2. The molecular formula is C20H25N3O2. The van der Waals surface area contributed by atoms with Crippen molar-refractivity contribution in [1.82, 2.24) is 15.0 Å². The van der Waals surface area contributed by atoms with Gasteiger partial charge in [0.05, 0.1) is 6.61 Å². The Balaban J connectivity index is 1.83. The molecule has 0 aliphatic rings. The summed E-state index contributed by atoms with van der Waals surface area (Å²) in [5, 5.41) is 19.3. The Morgan fingerprint density at radius 2 is 1.76 bits per heavy atom. The number of nitrogens with zero attached hydrogens (tertiary/aromatic N) is 3. The first-order valence-corrected chi connectivity index (χ1v) is 9.03. The molecule has 1 heterocycles. The van der Waals surface area contributed by atoms with Crippen molar-refractivity contribution in [3.63, 3.8) is 0 Å². The molecule has 5 heteroatoms. The molecule has 1 N–H and O–H groups in total. The fraction of sp³-hybridized carbons (Fsp3) is 0.400. The van der Waals surface area contributed by atoms with E-state index >= 15 is 0 Å². The molecule has 0 atom stereocenters. The van der Waals surface area contributed by atoms with Crippen molar-refractivity contribution in [3.8, 4) is 17.2 Å². The van der Waals surface area contributed by atoms with Gasteiger partial charge in [0, 0.05) is 6.07 Å². The minimum absolute atomic E-state index is 0.202. The van der Waals surface area contributed by atoms with Crippen LogP contribution in [0.4, 0.5) is 0 Å². The van der Waals surface area contributed by atoms with Crippen LogP contribution in [0.25, 0.3) is 16.7 Å². The van der Waals surface area contributed by atoms with E-state index in [0.29, 0.717) is 12.3 Å². The molecule has 3 aromatic rings. The Morgan fingerprint density at radius 1 is 0.960 bits per heavy atom. The first-order valence-electron chi connectivity index (χ1n) is 9.03. The quantitative estimate of drug-likeness (QED) is 0.607. The van der Waals surface area contributed by atoms with Gasteiger partial charge in [-0.25, -0.2) is 0 Å². The Kier molecular flexibility index (Phi) is 5.53. The maximum atomic E-state index is 10.3. The number of aromatic nitrogens is 3.